The number of carbonyl (C=O) groups excluding carboxylic acids is 2. The summed E-state index contributed by atoms with van der Waals surface area (Å²) in [5.74, 6) is -0.561. The number of hydrogen-bond acceptors (Lipinski definition) is 12. The van der Waals surface area contributed by atoms with Crippen molar-refractivity contribution in [1.29, 1.82) is 0 Å². The highest BCUT2D eigenvalue weighted by atomic mass is 35.5. The van der Waals surface area contributed by atoms with Gasteiger partial charge in [0.05, 0.1) is 54.4 Å². The van der Waals surface area contributed by atoms with Crippen molar-refractivity contribution in [2.75, 3.05) is 104 Å². The lowest BCUT2D eigenvalue weighted by Crippen LogP contribution is -2.50. The Morgan fingerprint density at radius 1 is 0.662 bits per heavy atom. The number of thiocarbonyl (C=S) groups is 2. The molecule has 0 spiro atoms. The van der Waals surface area contributed by atoms with Gasteiger partial charge in [0.25, 0.3) is 11.8 Å². The van der Waals surface area contributed by atoms with Crippen molar-refractivity contribution >= 4 is 138 Å². The quantitative estimate of drug-likeness (QED) is 0.0896. The van der Waals surface area contributed by atoms with E-state index in [9.17, 15) is 9.59 Å². The molecule has 2 unspecified atom stereocenters. The minimum absolute atomic E-state index is 0.254. The topological polar surface area (TPSA) is 144 Å². The Kier molecular flexibility index (Phi) is 19.0. The number of likely N-dealkylation sites (N-methyl/N-ethyl adjacent to an activating group) is 2. The molecule has 6 aromatic carbocycles. The Labute approximate surface area is 479 Å². The smallest absolute Gasteiger partial charge is 0.274 e. The number of halogens is 4. The zero-order chi connectivity index (χ0) is 54.9. The fourth-order valence-corrected chi connectivity index (χ4v) is 10.2. The van der Waals surface area contributed by atoms with Crippen molar-refractivity contribution in [3.8, 4) is 0 Å². The number of rotatable bonds is 7. The molecule has 4 aliphatic heterocycles. The van der Waals surface area contributed by atoms with Crippen LogP contribution in [0.4, 0.5) is 34.1 Å². The number of nitrogens with zero attached hydrogens (tertiary/aromatic N) is 8. The first kappa shape index (κ1) is 56.8. The average Bonchev–Trinajstić information content (AvgIpc) is 3.60. The SMILES string of the molecule is CN1C(=O)C(N=C=S)N=C(c2ccccc2Cl)c2cc(Cl)ccc21.Cc1cc(N2CCOCC2)ccc1N.Cc1cc(N2CCOCC2)ccc1N(C)C(=S)NC1N=C(c2ccccc2Cl)c2cc(Cl)ccc2N(C)C1=O. The number of aliphatic imine (C=N–C) groups is 3. The molecule has 2 fully saturated rings. The molecule has 4 aliphatic rings. The fraction of sp³-hybridized carbons (Fsp3) is 0.263. The van der Waals surface area contributed by atoms with Crippen molar-refractivity contribution in [1.82, 2.24) is 5.32 Å². The number of nitrogen functional groups attached to an aromatic ring is 1. The highest BCUT2D eigenvalue weighted by Crippen LogP contribution is 2.35. The van der Waals surface area contributed by atoms with Gasteiger partial charge in [0, 0.05) is 112 Å². The first-order chi connectivity index (χ1) is 37.0. The molecule has 14 nitrogen and oxygen atoms in total. The van der Waals surface area contributed by atoms with Crippen molar-refractivity contribution < 1.29 is 19.1 Å². The summed E-state index contributed by atoms with van der Waals surface area (Å²) in [5, 5.41) is 7.90. The summed E-state index contributed by atoms with van der Waals surface area (Å²) in [5.41, 5.74) is 17.4. The first-order valence-electron chi connectivity index (χ1n) is 24.6. The maximum Gasteiger partial charge on any atom is 0.274 e. The Bertz CT molecular complexity index is 3310. The van der Waals surface area contributed by atoms with Crippen LogP contribution >= 0.6 is 70.8 Å². The van der Waals surface area contributed by atoms with Gasteiger partial charge in [0.1, 0.15) is 0 Å². The number of aryl methyl sites for hydroxylation is 2. The molecule has 398 valence electrons. The molecule has 2 amide bonds. The average molecular weight is 1150 g/mol. The number of hydrogen-bond donors (Lipinski definition) is 2. The number of ether oxygens (including phenoxy) is 2. The van der Waals surface area contributed by atoms with Crippen LogP contribution in [0.5, 0.6) is 0 Å². The van der Waals surface area contributed by atoms with Crippen molar-refractivity contribution in [3.63, 3.8) is 0 Å². The Balaban J connectivity index is 0.000000174. The molecular formula is C57H56Cl4N10O4S2. The number of benzodiazepines with no additional fused rings is 2. The summed E-state index contributed by atoms with van der Waals surface area (Å²) >= 11 is 35.9. The third kappa shape index (κ3) is 13.3. The van der Waals surface area contributed by atoms with Crippen LogP contribution < -0.4 is 35.6 Å². The van der Waals surface area contributed by atoms with Gasteiger partial charge in [-0.15, -0.1) is 0 Å². The third-order valence-electron chi connectivity index (χ3n) is 13.3. The largest absolute Gasteiger partial charge is 0.399 e. The van der Waals surface area contributed by atoms with Crippen LogP contribution in [-0.4, -0.2) is 120 Å². The molecule has 3 N–H and O–H groups in total. The summed E-state index contributed by atoms with van der Waals surface area (Å²) in [6.45, 7) is 10.9. The van der Waals surface area contributed by atoms with Crippen molar-refractivity contribution in [2.24, 2.45) is 15.0 Å². The molecule has 10 rings (SSSR count). The highest BCUT2D eigenvalue weighted by Gasteiger charge is 2.33. The number of nitrogens with one attached hydrogen (secondary N) is 1. The molecule has 0 radical (unpaired) electrons. The van der Waals surface area contributed by atoms with E-state index in [-0.39, 0.29) is 11.8 Å². The molecule has 0 bridgehead atoms. The van der Waals surface area contributed by atoms with Crippen LogP contribution in [0.25, 0.3) is 0 Å². The number of carbonyl (C=O) groups is 2. The van der Waals surface area contributed by atoms with Gasteiger partial charge >= 0.3 is 0 Å². The van der Waals surface area contributed by atoms with E-state index in [1.54, 1.807) is 61.5 Å². The third-order valence-corrected chi connectivity index (χ3v) is 14.9. The molecular weight excluding hydrogens is 1090 g/mol. The van der Waals surface area contributed by atoms with E-state index >= 15 is 0 Å². The monoisotopic (exact) mass is 1150 g/mol. The molecule has 2 saturated heterocycles. The summed E-state index contributed by atoms with van der Waals surface area (Å²) in [6.07, 6.45) is -1.99. The number of benzene rings is 6. The Morgan fingerprint density at radius 3 is 1.64 bits per heavy atom. The van der Waals surface area contributed by atoms with E-state index in [4.69, 9.17) is 78.8 Å². The minimum atomic E-state index is -1.01. The van der Waals surface area contributed by atoms with Gasteiger partial charge in [0.15, 0.2) is 5.11 Å². The fourth-order valence-electron chi connectivity index (χ4n) is 9.08. The van der Waals surface area contributed by atoms with Crippen LogP contribution in [-0.2, 0) is 19.1 Å². The summed E-state index contributed by atoms with van der Waals surface area (Å²) in [7, 11) is 5.26. The molecule has 2 atom stereocenters. The van der Waals surface area contributed by atoms with Crippen LogP contribution in [0.15, 0.2) is 136 Å². The van der Waals surface area contributed by atoms with Crippen LogP contribution in [0, 0.1) is 13.8 Å². The summed E-state index contributed by atoms with van der Waals surface area (Å²) < 4.78 is 10.8. The van der Waals surface area contributed by atoms with Gasteiger partial charge in [-0.25, -0.2) is 9.98 Å². The van der Waals surface area contributed by atoms with Crippen LogP contribution in [0.3, 0.4) is 0 Å². The second-order valence-electron chi connectivity index (χ2n) is 18.2. The maximum atomic E-state index is 13.6. The van der Waals surface area contributed by atoms with Crippen molar-refractivity contribution in [3.05, 3.63) is 175 Å². The van der Waals surface area contributed by atoms with Gasteiger partial charge in [-0.05, 0) is 134 Å². The lowest BCUT2D eigenvalue weighted by Gasteiger charge is -2.30. The van der Waals surface area contributed by atoms with E-state index in [1.807, 2.05) is 73.5 Å². The van der Waals surface area contributed by atoms with Gasteiger partial charge in [-0.2, -0.15) is 4.99 Å². The zero-order valence-corrected chi connectivity index (χ0v) is 47.6. The minimum Gasteiger partial charge on any atom is -0.399 e. The standard InChI is InChI=1S/C29H29Cl2N5O2S.C17H11Cl2N3OS.C11H16N2O/c1-18-16-20(36-12-14-38-15-13-36)9-11-24(18)35(3)29(39)33-27-28(37)34(2)25-10-8-19(30)17-22(25)26(32-27)21-6-4-5-7-23(21)31;1-22-14-7-6-10(18)8-12(14)15(11-4-2-3-5-13(11)19)21-16(17(22)23)20-9-24;1-9-8-10(2-3-11(9)12)13-4-6-14-7-5-13/h4-11,16-17,27H,12-15H2,1-3H3,(H,33,39);2-8,16H,1H3;2-3,8H,4-7,12H2,1H3. The van der Waals surface area contributed by atoms with Gasteiger partial charge < -0.3 is 45.0 Å². The predicted molar refractivity (Wildman–Crippen MR) is 323 cm³/mol. The Hall–Kier alpha value is -6.43. The van der Waals surface area contributed by atoms with E-state index in [0.29, 0.717) is 70.3 Å². The van der Waals surface area contributed by atoms with Crippen LogP contribution in [0.1, 0.15) is 33.4 Å². The number of anilines is 6. The molecule has 0 saturated carbocycles. The lowest BCUT2D eigenvalue weighted by molar-refractivity contribution is -0.120. The molecule has 0 aliphatic carbocycles. The molecule has 4 heterocycles. The molecule has 6 aromatic rings. The van der Waals surface area contributed by atoms with Crippen molar-refractivity contribution in [2.45, 2.75) is 26.2 Å². The van der Waals surface area contributed by atoms with E-state index in [0.717, 1.165) is 80.8 Å². The molecule has 20 heteroatoms. The second-order valence-corrected chi connectivity index (χ2v) is 20.5. The molecule has 77 heavy (non-hydrogen) atoms. The number of nitrogens with two attached hydrogens (primary N) is 1. The number of fused-ring (bicyclic) bond motifs is 2. The first-order valence-corrected chi connectivity index (χ1v) is 26.9. The zero-order valence-electron chi connectivity index (χ0n) is 43.0. The second kappa shape index (κ2) is 25.8. The number of isothiocyanates is 1. The van der Waals surface area contributed by atoms with Gasteiger partial charge in [0.2, 0.25) is 12.3 Å². The van der Waals surface area contributed by atoms with Crippen LogP contribution in [0.2, 0.25) is 20.1 Å². The predicted octanol–water partition coefficient (Wildman–Crippen LogP) is 10.9. The van der Waals surface area contributed by atoms with E-state index < -0.39 is 12.3 Å². The summed E-state index contributed by atoms with van der Waals surface area (Å²) in [4.78, 5) is 49.1. The lowest BCUT2D eigenvalue weighted by atomic mass is 10.00. The van der Waals surface area contributed by atoms with E-state index in [2.05, 4.69) is 73.7 Å². The summed E-state index contributed by atoms with van der Waals surface area (Å²) in [6, 6.07) is 37.8. The van der Waals surface area contributed by atoms with Gasteiger partial charge in [-0.3, -0.25) is 9.59 Å². The van der Waals surface area contributed by atoms with Gasteiger partial charge in [-0.1, -0.05) is 82.8 Å². The number of amides is 2. The van der Waals surface area contributed by atoms with E-state index in [1.165, 1.54) is 10.6 Å². The maximum absolute atomic E-state index is 13.6. The normalized spacial score (nSPS) is 17.1. The number of morpholine rings is 2. The Morgan fingerprint density at radius 2 is 1.14 bits per heavy atom. The highest BCUT2D eigenvalue weighted by molar-refractivity contribution is 7.80. The molecule has 0 aromatic heterocycles.